The third-order valence-electron chi connectivity index (χ3n) is 3.28. The number of anilines is 1. The van der Waals surface area contributed by atoms with E-state index in [1.165, 1.54) is 6.07 Å². The summed E-state index contributed by atoms with van der Waals surface area (Å²) >= 11 is 0. The van der Waals surface area contributed by atoms with Crippen LogP contribution in [0.3, 0.4) is 0 Å². The quantitative estimate of drug-likeness (QED) is 0.193. The zero-order valence-electron chi connectivity index (χ0n) is 13.9. The van der Waals surface area contributed by atoms with Crippen LogP contribution in [0.4, 0.5) is 5.82 Å². The monoisotopic (exact) mass is 483 g/mol. The van der Waals surface area contributed by atoms with Crippen molar-refractivity contribution >= 4 is 29.3 Å². The molecule has 2 unspecified atom stereocenters. The summed E-state index contributed by atoms with van der Waals surface area (Å²) in [6.45, 7) is -1.02. The first-order chi connectivity index (χ1) is 13.1. The number of aliphatic hydroxyl groups excluding tert-OH is 2. The van der Waals surface area contributed by atoms with Gasteiger partial charge in [-0.3, -0.25) is 9.09 Å². The molecule has 1 aromatic heterocycles. The number of nitrogens with zero attached hydrogens (tertiary/aromatic N) is 2. The van der Waals surface area contributed by atoms with Gasteiger partial charge in [0.25, 0.3) is 0 Å². The summed E-state index contributed by atoms with van der Waals surface area (Å²) < 4.78 is 50.8. The summed E-state index contributed by atoms with van der Waals surface area (Å²) in [4.78, 5) is 50.5. The molecule has 1 aliphatic rings. The number of nitrogen functional groups attached to an aromatic ring is 1. The van der Waals surface area contributed by atoms with Gasteiger partial charge in [0.1, 0.15) is 24.1 Å². The van der Waals surface area contributed by atoms with Crippen molar-refractivity contribution in [2.75, 3.05) is 12.3 Å². The van der Waals surface area contributed by atoms with Gasteiger partial charge in [-0.15, -0.1) is 0 Å². The average molecular weight is 483 g/mol. The number of hydrogen-bond acceptors (Lipinski definition) is 12. The molecule has 0 amide bonds. The number of ether oxygens (including phenoxy) is 1. The van der Waals surface area contributed by atoms with E-state index < -0.39 is 60.3 Å². The van der Waals surface area contributed by atoms with Gasteiger partial charge in [-0.2, -0.15) is 13.6 Å². The predicted molar refractivity (Wildman–Crippen MR) is 88.6 cm³/mol. The van der Waals surface area contributed by atoms with E-state index in [1.807, 2.05) is 0 Å². The van der Waals surface area contributed by atoms with Gasteiger partial charge in [-0.1, -0.05) is 0 Å². The standard InChI is InChI=1S/C9H16N3O14P3/c10-5-1-2-12(9(15)11-5)8-7(14)6(13)4(24-8)3-23-28(19,20)26-29(21,22)25-27(16,17)18/h1-2,4,6-8,13-14H,3H2,(H,19,20)(H,21,22)(H2,10,11,15)(H2,16,17,18)/t4-,6+,7+,8-/m1/s1. The van der Waals surface area contributed by atoms with Gasteiger partial charge in [0.05, 0.1) is 6.61 Å². The molecule has 0 aliphatic carbocycles. The van der Waals surface area contributed by atoms with Crippen LogP contribution in [0, 0.1) is 0 Å². The highest BCUT2D eigenvalue weighted by Crippen LogP contribution is 2.66. The first kappa shape index (κ1) is 24.2. The molecule has 1 aromatic rings. The molecule has 0 saturated carbocycles. The van der Waals surface area contributed by atoms with E-state index in [1.54, 1.807) is 0 Å². The van der Waals surface area contributed by atoms with Crippen molar-refractivity contribution in [2.45, 2.75) is 24.5 Å². The van der Waals surface area contributed by atoms with Crippen LogP contribution in [0.1, 0.15) is 6.23 Å². The fourth-order valence-corrected chi connectivity index (χ4v) is 5.22. The minimum Gasteiger partial charge on any atom is -0.387 e. The zero-order chi connectivity index (χ0) is 22.2. The summed E-state index contributed by atoms with van der Waals surface area (Å²) in [5, 5.41) is 20.0. The SMILES string of the molecule is Nc1ccn([C@@H]2O[C@H](COP(=O)(O)OP(=O)(O)OP(=O)(O)O)[C@H](O)[C@@H]2O)c(=O)n1. The maximum absolute atomic E-state index is 11.8. The lowest BCUT2D eigenvalue weighted by Crippen LogP contribution is -2.36. The van der Waals surface area contributed by atoms with Crippen LogP contribution in [-0.4, -0.2) is 64.3 Å². The van der Waals surface area contributed by atoms with Gasteiger partial charge in [-0.25, -0.2) is 18.5 Å². The molecular weight excluding hydrogens is 467 g/mol. The molecule has 20 heteroatoms. The van der Waals surface area contributed by atoms with Crippen LogP contribution in [0.5, 0.6) is 0 Å². The Balaban J connectivity index is 2.05. The van der Waals surface area contributed by atoms with Gasteiger partial charge in [0.15, 0.2) is 6.23 Å². The van der Waals surface area contributed by atoms with Crippen molar-refractivity contribution in [2.24, 2.45) is 0 Å². The van der Waals surface area contributed by atoms with Crippen molar-refractivity contribution in [3.8, 4) is 0 Å². The molecule has 0 radical (unpaired) electrons. The number of phosphoric acid groups is 3. The Morgan fingerprint density at radius 3 is 2.28 bits per heavy atom. The Morgan fingerprint density at radius 2 is 1.72 bits per heavy atom. The lowest BCUT2D eigenvalue weighted by molar-refractivity contribution is -0.0541. The smallest absolute Gasteiger partial charge is 0.387 e. The van der Waals surface area contributed by atoms with Crippen molar-refractivity contribution in [3.63, 3.8) is 0 Å². The summed E-state index contributed by atoms with van der Waals surface area (Å²) in [6, 6.07) is 1.20. The molecule has 6 atom stereocenters. The van der Waals surface area contributed by atoms with E-state index >= 15 is 0 Å². The van der Waals surface area contributed by atoms with Crippen LogP contribution in [0.25, 0.3) is 0 Å². The average Bonchev–Trinajstić information content (AvgIpc) is 2.78. The lowest BCUT2D eigenvalue weighted by Gasteiger charge is -2.19. The molecule has 29 heavy (non-hydrogen) atoms. The van der Waals surface area contributed by atoms with Gasteiger partial charge < -0.3 is 40.3 Å². The topological polar surface area (TPSA) is 270 Å². The highest BCUT2D eigenvalue weighted by Gasteiger charge is 2.46. The van der Waals surface area contributed by atoms with Gasteiger partial charge in [0.2, 0.25) is 0 Å². The first-order valence-corrected chi connectivity index (χ1v) is 11.8. The van der Waals surface area contributed by atoms with Gasteiger partial charge in [0, 0.05) is 6.20 Å². The highest BCUT2D eigenvalue weighted by molar-refractivity contribution is 7.66. The van der Waals surface area contributed by atoms with Crippen LogP contribution in [0.15, 0.2) is 17.1 Å². The fourth-order valence-electron chi connectivity index (χ4n) is 2.19. The minimum atomic E-state index is -5.71. The Labute approximate surface area is 160 Å². The molecule has 166 valence electrons. The van der Waals surface area contributed by atoms with E-state index in [-0.39, 0.29) is 5.82 Å². The molecule has 1 fully saturated rings. The Kier molecular flexibility index (Phi) is 7.20. The molecule has 8 N–H and O–H groups in total. The van der Waals surface area contributed by atoms with E-state index in [9.17, 15) is 33.6 Å². The largest absolute Gasteiger partial charge is 0.490 e. The van der Waals surface area contributed by atoms with Crippen molar-refractivity contribution in [3.05, 3.63) is 22.7 Å². The van der Waals surface area contributed by atoms with E-state index in [0.717, 1.165) is 10.8 Å². The van der Waals surface area contributed by atoms with Gasteiger partial charge >= 0.3 is 29.2 Å². The summed E-state index contributed by atoms with van der Waals surface area (Å²) in [5.74, 6) is -0.122. The van der Waals surface area contributed by atoms with E-state index in [2.05, 4.69) is 18.1 Å². The third kappa shape index (κ3) is 6.73. The summed E-state index contributed by atoms with van der Waals surface area (Å²) in [7, 11) is -16.7. The number of aliphatic hydroxyl groups is 2. The van der Waals surface area contributed by atoms with Crippen molar-refractivity contribution in [1.29, 1.82) is 0 Å². The van der Waals surface area contributed by atoms with E-state index in [0.29, 0.717) is 0 Å². The maximum Gasteiger partial charge on any atom is 0.490 e. The molecule has 0 spiro atoms. The summed E-state index contributed by atoms with van der Waals surface area (Å²) in [5.41, 5.74) is 4.39. The number of aromatic nitrogens is 2. The molecule has 2 rings (SSSR count). The van der Waals surface area contributed by atoms with Crippen LogP contribution < -0.4 is 11.4 Å². The Bertz CT molecular complexity index is 946. The lowest BCUT2D eigenvalue weighted by atomic mass is 10.1. The highest BCUT2D eigenvalue weighted by atomic mass is 31.3. The van der Waals surface area contributed by atoms with Crippen LogP contribution in [0.2, 0.25) is 0 Å². The van der Waals surface area contributed by atoms with E-state index in [4.69, 9.17) is 25.2 Å². The number of phosphoric ester groups is 1. The predicted octanol–water partition coefficient (Wildman–Crippen LogP) is -2.21. The Hall–Kier alpha value is -1.03. The number of nitrogens with two attached hydrogens (primary N) is 1. The second-order valence-electron chi connectivity index (χ2n) is 5.48. The first-order valence-electron chi connectivity index (χ1n) is 7.25. The Morgan fingerprint density at radius 1 is 1.10 bits per heavy atom. The maximum atomic E-state index is 11.8. The number of hydrogen-bond donors (Lipinski definition) is 7. The van der Waals surface area contributed by atoms with Crippen LogP contribution >= 0.6 is 23.5 Å². The van der Waals surface area contributed by atoms with Crippen LogP contribution in [-0.2, 0) is 31.6 Å². The van der Waals surface area contributed by atoms with Crippen molar-refractivity contribution < 1.29 is 61.4 Å². The third-order valence-corrected chi connectivity index (χ3v) is 7.08. The molecule has 1 saturated heterocycles. The number of rotatable bonds is 8. The van der Waals surface area contributed by atoms with Crippen molar-refractivity contribution in [1.82, 2.24) is 9.55 Å². The summed E-state index contributed by atoms with van der Waals surface area (Å²) in [6.07, 6.45) is -5.38. The molecule has 2 heterocycles. The fraction of sp³-hybridized carbons (Fsp3) is 0.556. The molecule has 17 nitrogen and oxygen atoms in total. The molecule has 1 aliphatic heterocycles. The normalized spacial score (nSPS) is 29.3. The second kappa shape index (κ2) is 8.61. The van der Waals surface area contributed by atoms with Gasteiger partial charge in [-0.05, 0) is 6.07 Å². The zero-order valence-corrected chi connectivity index (χ0v) is 16.6. The minimum absolute atomic E-state index is 0.122. The molecule has 0 aromatic carbocycles. The molecule has 0 bridgehead atoms. The second-order valence-corrected chi connectivity index (χ2v) is 9.90. The molecular formula is C9H16N3O14P3.